The summed E-state index contributed by atoms with van der Waals surface area (Å²) in [4.78, 5) is 45.9. The number of rotatable bonds is 14. The lowest BCUT2D eigenvalue weighted by atomic mass is 10.2. The predicted octanol–water partition coefficient (Wildman–Crippen LogP) is -0.780. The van der Waals surface area contributed by atoms with Crippen molar-refractivity contribution in [3.63, 3.8) is 0 Å². The molecule has 0 rings (SSSR count). The molecular weight excluding hydrogens is 426 g/mol. The first kappa shape index (κ1) is 26.9. The van der Waals surface area contributed by atoms with Gasteiger partial charge in [0, 0.05) is 19.5 Å². The van der Waals surface area contributed by atoms with Crippen LogP contribution < -0.4 is 16.0 Å². The highest BCUT2D eigenvalue weighted by Gasteiger charge is 2.28. The Kier molecular flexibility index (Phi) is 15.1. The summed E-state index contributed by atoms with van der Waals surface area (Å²) in [5, 5.41) is 5.98. The van der Waals surface area contributed by atoms with Crippen LogP contribution in [0.1, 0.15) is 19.3 Å². The summed E-state index contributed by atoms with van der Waals surface area (Å²) >= 11 is 12.1. The molecule has 0 aromatic rings. The van der Waals surface area contributed by atoms with Gasteiger partial charge in [0.1, 0.15) is 15.7 Å². The van der Waals surface area contributed by atoms with Gasteiger partial charge in [-0.05, 0) is 25.9 Å². The van der Waals surface area contributed by atoms with Gasteiger partial charge in [0.15, 0.2) is 0 Å². The maximum absolute atomic E-state index is 11.8. The number of carbonyl (C=O) groups is 4. The molecule has 3 N–H and O–H groups in total. The van der Waals surface area contributed by atoms with Crippen LogP contribution in [-0.4, -0.2) is 79.9 Å². The summed E-state index contributed by atoms with van der Waals surface area (Å²) in [6.45, 7) is 2.26. The van der Waals surface area contributed by atoms with Crippen molar-refractivity contribution in [3.8, 4) is 0 Å². The first-order valence-corrected chi connectivity index (χ1v) is 10.2. The highest BCUT2D eigenvalue weighted by molar-refractivity contribution is 7.86. The quantitative estimate of drug-likeness (QED) is 0.115. The summed E-state index contributed by atoms with van der Waals surface area (Å²) in [6.07, 6.45) is 1.37. The van der Waals surface area contributed by atoms with Crippen LogP contribution in [0.15, 0.2) is 0 Å². The molecule has 3 unspecified atom stereocenters. The number of amides is 2. The maximum Gasteiger partial charge on any atom is 0.320 e. The minimum absolute atomic E-state index is 0.0296. The molecule has 0 aliphatic carbocycles. The third-order valence-electron chi connectivity index (χ3n) is 3.54. The summed E-state index contributed by atoms with van der Waals surface area (Å²) in [5.74, 6) is -1.79. The van der Waals surface area contributed by atoms with E-state index in [-0.39, 0.29) is 18.2 Å². The van der Waals surface area contributed by atoms with Gasteiger partial charge < -0.3 is 25.4 Å². The number of methoxy groups -OCH3 is 2. The Bertz CT molecular complexity index is 524. The van der Waals surface area contributed by atoms with Gasteiger partial charge in [0.05, 0.1) is 14.2 Å². The molecule has 0 aliphatic heterocycles. The SMILES string of the molecule is COC(=O)C(S)CC(=O)NCCCNCCCNC(=O)C(S)C(S)C(=O)OC. The van der Waals surface area contributed by atoms with Crippen molar-refractivity contribution >= 4 is 61.6 Å². The zero-order chi connectivity index (χ0) is 21.5. The molecule has 0 saturated heterocycles. The maximum atomic E-state index is 11.8. The highest BCUT2D eigenvalue weighted by atomic mass is 32.1. The molecule has 2 amide bonds. The third-order valence-corrected chi connectivity index (χ3v) is 5.21. The summed E-state index contributed by atoms with van der Waals surface area (Å²) in [5.41, 5.74) is 0. The van der Waals surface area contributed by atoms with Crippen molar-refractivity contribution in [1.29, 1.82) is 0 Å². The molecule has 0 aromatic heterocycles. The standard InChI is InChI=1S/C16H29N3O6S3/c1-24-15(22)10(26)9-11(20)18-7-3-5-17-6-4-8-19-14(21)12(27)13(28)16(23)25-2/h10,12-13,17,26-28H,3-9H2,1-2H3,(H,18,20)(H,19,21). The lowest BCUT2D eigenvalue weighted by Crippen LogP contribution is -2.41. The molecule has 0 spiro atoms. The molecule has 0 saturated carbocycles. The van der Waals surface area contributed by atoms with Crippen LogP contribution in [0.4, 0.5) is 0 Å². The number of hydrogen-bond donors (Lipinski definition) is 6. The number of nitrogens with one attached hydrogen (secondary N) is 3. The van der Waals surface area contributed by atoms with Crippen LogP contribution in [0.2, 0.25) is 0 Å². The van der Waals surface area contributed by atoms with Crippen molar-refractivity contribution in [2.24, 2.45) is 0 Å². The second kappa shape index (κ2) is 15.8. The van der Waals surface area contributed by atoms with E-state index in [0.717, 1.165) is 0 Å². The molecule has 3 atom stereocenters. The van der Waals surface area contributed by atoms with Crippen LogP contribution in [0.5, 0.6) is 0 Å². The second-order valence-electron chi connectivity index (χ2n) is 5.75. The van der Waals surface area contributed by atoms with Crippen LogP contribution in [0, 0.1) is 0 Å². The Labute approximate surface area is 181 Å². The summed E-state index contributed by atoms with van der Waals surface area (Å²) < 4.78 is 9.01. The van der Waals surface area contributed by atoms with Crippen molar-refractivity contribution in [2.75, 3.05) is 40.4 Å². The van der Waals surface area contributed by atoms with E-state index in [9.17, 15) is 19.2 Å². The second-order valence-corrected chi connectivity index (χ2v) is 7.49. The number of hydrogen-bond acceptors (Lipinski definition) is 10. The monoisotopic (exact) mass is 455 g/mol. The van der Waals surface area contributed by atoms with Gasteiger partial charge in [-0.1, -0.05) is 0 Å². The fraction of sp³-hybridized carbons (Fsp3) is 0.750. The average molecular weight is 456 g/mol. The number of carbonyl (C=O) groups excluding carboxylic acids is 4. The first-order valence-electron chi connectivity index (χ1n) is 8.69. The van der Waals surface area contributed by atoms with Gasteiger partial charge in [-0.2, -0.15) is 37.9 Å². The first-order chi connectivity index (χ1) is 13.2. The van der Waals surface area contributed by atoms with Gasteiger partial charge in [0.2, 0.25) is 11.8 Å². The molecule has 28 heavy (non-hydrogen) atoms. The van der Waals surface area contributed by atoms with Crippen LogP contribution in [0.25, 0.3) is 0 Å². The minimum Gasteiger partial charge on any atom is -0.468 e. The zero-order valence-corrected chi connectivity index (χ0v) is 18.7. The van der Waals surface area contributed by atoms with Gasteiger partial charge >= 0.3 is 11.9 Å². The molecule has 0 aromatic carbocycles. The Morgan fingerprint density at radius 3 is 1.86 bits per heavy atom. The van der Waals surface area contributed by atoms with E-state index in [4.69, 9.17) is 0 Å². The molecule has 0 fully saturated rings. The number of esters is 2. The number of thiol groups is 3. The normalized spacial score (nSPS) is 13.8. The van der Waals surface area contributed by atoms with E-state index in [0.29, 0.717) is 39.0 Å². The Hall–Kier alpha value is -1.11. The van der Waals surface area contributed by atoms with E-state index < -0.39 is 27.7 Å². The predicted molar refractivity (Wildman–Crippen MR) is 115 cm³/mol. The minimum atomic E-state index is -0.924. The molecule has 0 bridgehead atoms. The Morgan fingerprint density at radius 2 is 1.32 bits per heavy atom. The fourth-order valence-corrected chi connectivity index (χ4v) is 2.68. The van der Waals surface area contributed by atoms with E-state index in [2.05, 4.69) is 63.3 Å². The zero-order valence-electron chi connectivity index (χ0n) is 16.0. The van der Waals surface area contributed by atoms with E-state index in [1.807, 2.05) is 0 Å². The topological polar surface area (TPSA) is 123 Å². The average Bonchev–Trinajstić information content (AvgIpc) is 2.69. The van der Waals surface area contributed by atoms with Crippen LogP contribution in [0.3, 0.4) is 0 Å². The highest BCUT2D eigenvalue weighted by Crippen LogP contribution is 2.11. The summed E-state index contributed by atoms with van der Waals surface area (Å²) in [7, 11) is 2.47. The van der Waals surface area contributed by atoms with Gasteiger partial charge in [-0.15, -0.1) is 0 Å². The van der Waals surface area contributed by atoms with E-state index >= 15 is 0 Å². The molecule has 0 heterocycles. The van der Waals surface area contributed by atoms with Crippen LogP contribution >= 0.6 is 37.9 Å². The molecular formula is C16H29N3O6S3. The molecule has 0 radical (unpaired) electrons. The van der Waals surface area contributed by atoms with Crippen LogP contribution in [-0.2, 0) is 28.7 Å². The van der Waals surface area contributed by atoms with Gasteiger partial charge in [0.25, 0.3) is 0 Å². The van der Waals surface area contributed by atoms with Gasteiger partial charge in [-0.25, -0.2) is 0 Å². The summed E-state index contributed by atoms with van der Waals surface area (Å²) in [6, 6.07) is 0. The lowest BCUT2D eigenvalue weighted by Gasteiger charge is -2.16. The Balaban J connectivity index is 3.67. The van der Waals surface area contributed by atoms with Gasteiger partial charge in [-0.3, -0.25) is 19.2 Å². The molecule has 162 valence electrons. The van der Waals surface area contributed by atoms with Crippen molar-refractivity contribution in [2.45, 2.75) is 35.0 Å². The Morgan fingerprint density at radius 1 is 0.786 bits per heavy atom. The van der Waals surface area contributed by atoms with Crippen molar-refractivity contribution < 1.29 is 28.7 Å². The number of ether oxygens (including phenoxy) is 2. The fourth-order valence-electron chi connectivity index (χ4n) is 1.96. The largest absolute Gasteiger partial charge is 0.468 e. The van der Waals surface area contributed by atoms with Crippen molar-refractivity contribution in [3.05, 3.63) is 0 Å². The van der Waals surface area contributed by atoms with E-state index in [1.54, 1.807) is 0 Å². The molecule has 9 nitrogen and oxygen atoms in total. The molecule has 12 heteroatoms. The third kappa shape index (κ3) is 11.7. The molecule has 0 aliphatic rings. The smallest absolute Gasteiger partial charge is 0.320 e. The van der Waals surface area contributed by atoms with E-state index in [1.165, 1.54) is 14.2 Å². The lowest BCUT2D eigenvalue weighted by molar-refractivity contribution is -0.141. The van der Waals surface area contributed by atoms with Crippen molar-refractivity contribution in [1.82, 2.24) is 16.0 Å².